The van der Waals surface area contributed by atoms with Crippen LogP contribution in [0.3, 0.4) is 0 Å². The monoisotopic (exact) mass is 270 g/mol. The topological polar surface area (TPSA) is 63.6 Å². The molecule has 0 radical (unpaired) electrons. The summed E-state index contributed by atoms with van der Waals surface area (Å²) in [5.74, 6) is 1.00. The molecule has 0 aromatic carbocycles. The first-order valence-electron chi connectivity index (χ1n) is 6.80. The fraction of sp³-hybridized carbons (Fsp3) is 0.733. The summed E-state index contributed by atoms with van der Waals surface area (Å²) in [7, 11) is 0. The second-order valence-electron chi connectivity index (χ2n) is 5.23. The predicted octanol–water partition coefficient (Wildman–Crippen LogP) is 3.12. The first-order chi connectivity index (χ1) is 8.72. The maximum Gasteiger partial charge on any atom is 0.333 e. The van der Waals surface area contributed by atoms with E-state index >= 15 is 0 Å². The average Bonchev–Trinajstić information content (AvgIpc) is 2.30. The van der Waals surface area contributed by atoms with Crippen molar-refractivity contribution < 1.29 is 19.4 Å². The standard InChI is InChI=1S/C13H22O2.C2H4O2/c1-6-15-13(14)12-7-8(2)9(3)10(4)11(12)5;1-2(3)4/h7-11H,6H2,1-5H3;1H3,(H,3,4). The average molecular weight is 270 g/mol. The molecular weight excluding hydrogens is 244 g/mol. The van der Waals surface area contributed by atoms with Crippen molar-refractivity contribution in [3.63, 3.8) is 0 Å². The molecule has 0 heterocycles. The van der Waals surface area contributed by atoms with Gasteiger partial charge in [-0.3, -0.25) is 4.79 Å². The number of hydrogen-bond donors (Lipinski definition) is 1. The van der Waals surface area contributed by atoms with E-state index in [4.69, 9.17) is 14.6 Å². The van der Waals surface area contributed by atoms with Gasteiger partial charge < -0.3 is 9.84 Å². The fourth-order valence-corrected chi connectivity index (χ4v) is 2.27. The lowest BCUT2D eigenvalue weighted by atomic mass is 9.70. The van der Waals surface area contributed by atoms with Gasteiger partial charge in [-0.15, -0.1) is 0 Å². The number of carbonyl (C=O) groups excluding carboxylic acids is 1. The molecule has 0 fully saturated rings. The summed E-state index contributed by atoms with van der Waals surface area (Å²) in [5.41, 5.74) is 0.870. The van der Waals surface area contributed by atoms with Crippen LogP contribution in [0.5, 0.6) is 0 Å². The van der Waals surface area contributed by atoms with E-state index < -0.39 is 5.97 Å². The summed E-state index contributed by atoms with van der Waals surface area (Å²) in [6.45, 7) is 12.2. The van der Waals surface area contributed by atoms with Gasteiger partial charge in [0, 0.05) is 12.5 Å². The van der Waals surface area contributed by atoms with E-state index in [-0.39, 0.29) is 5.97 Å². The Hall–Kier alpha value is -1.32. The lowest BCUT2D eigenvalue weighted by Crippen LogP contribution is -2.31. The number of carbonyl (C=O) groups is 2. The Morgan fingerprint density at radius 3 is 2.11 bits per heavy atom. The van der Waals surface area contributed by atoms with E-state index in [1.165, 1.54) is 0 Å². The molecule has 0 saturated carbocycles. The molecule has 0 aliphatic heterocycles. The van der Waals surface area contributed by atoms with E-state index in [2.05, 4.69) is 33.8 Å². The van der Waals surface area contributed by atoms with Crippen LogP contribution in [0.2, 0.25) is 0 Å². The largest absolute Gasteiger partial charge is 0.481 e. The first-order valence-corrected chi connectivity index (χ1v) is 6.80. The number of aliphatic carboxylic acids is 1. The highest BCUT2D eigenvalue weighted by atomic mass is 16.5. The minimum absolute atomic E-state index is 0.129. The number of hydrogen-bond acceptors (Lipinski definition) is 3. The van der Waals surface area contributed by atoms with E-state index in [1.54, 1.807) is 0 Å². The van der Waals surface area contributed by atoms with Crippen LogP contribution in [0.4, 0.5) is 0 Å². The molecule has 0 saturated heterocycles. The van der Waals surface area contributed by atoms with Crippen LogP contribution < -0.4 is 0 Å². The number of rotatable bonds is 2. The zero-order valence-electron chi connectivity index (χ0n) is 12.8. The molecule has 0 spiro atoms. The van der Waals surface area contributed by atoms with Crippen molar-refractivity contribution in [3.05, 3.63) is 11.6 Å². The van der Waals surface area contributed by atoms with Crippen LogP contribution in [-0.2, 0) is 14.3 Å². The minimum Gasteiger partial charge on any atom is -0.481 e. The highest BCUT2D eigenvalue weighted by Crippen LogP contribution is 2.37. The molecule has 0 amide bonds. The van der Waals surface area contributed by atoms with E-state index in [0.29, 0.717) is 30.3 Å². The van der Waals surface area contributed by atoms with E-state index in [0.717, 1.165) is 12.5 Å². The Morgan fingerprint density at radius 2 is 1.68 bits per heavy atom. The summed E-state index contributed by atoms with van der Waals surface area (Å²) in [6, 6.07) is 0. The number of carboxylic acid groups (broad SMARTS) is 1. The van der Waals surface area contributed by atoms with Gasteiger partial charge in [0.25, 0.3) is 5.97 Å². The Labute approximate surface area is 115 Å². The minimum atomic E-state index is -0.833. The second-order valence-corrected chi connectivity index (χ2v) is 5.23. The van der Waals surface area contributed by atoms with Gasteiger partial charge in [-0.25, -0.2) is 4.79 Å². The Kier molecular flexibility index (Phi) is 7.42. The van der Waals surface area contributed by atoms with Gasteiger partial charge in [0.15, 0.2) is 0 Å². The van der Waals surface area contributed by atoms with Crippen molar-refractivity contribution in [3.8, 4) is 0 Å². The Morgan fingerprint density at radius 1 is 1.21 bits per heavy atom. The fourth-order valence-electron chi connectivity index (χ4n) is 2.27. The first kappa shape index (κ1) is 17.7. The van der Waals surface area contributed by atoms with Gasteiger partial charge in [-0.05, 0) is 30.6 Å². The molecule has 4 unspecified atom stereocenters. The zero-order chi connectivity index (χ0) is 15.2. The molecule has 0 aromatic rings. The lowest BCUT2D eigenvalue weighted by molar-refractivity contribution is -0.139. The number of esters is 1. The molecule has 1 rings (SSSR count). The van der Waals surface area contributed by atoms with Crippen LogP contribution in [0.25, 0.3) is 0 Å². The van der Waals surface area contributed by atoms with Crippen LogP contribution in [0.15, 0.2) is 11.6 Å². The highest BCUT2D eigenvalue weighted by molar-refractivity contribution is 5.89. The summed E-state index contributed by atoms with van der Waals surface area (Å²) < 4.78 is 5.08. The number of ether oxygens (including phenoxy) is 1. The van der Waals surface area contributed by atoms with Gasteiger partial charge in [0.2, 0.25) is 0 Å². The normalized spacial score (nSPS) is 29.7. The van der Waals surface area contributed by atoms with Crippen molar-refractivity contribution in [2.45, 2.75) is 41.5 Å². The lowest BCUT2D eigenvalue weighted by Gasteiger charge is -2.35. The van der Waals surface area contributed by atoms with E-state index in [1.807, 2.05) is 6.92 Å². The second kappa shape index (κ2) is 7.97. The molecule has 1 N–H and O–H groups in total. The highest BCUT2D eigenvalue weighted by Gasteiger charge is 2.33. The number of carboxylic acids is 1. The SMILES string of the molecule is CC(=O)O.CCOC(=O)C1=CC(C)C(C)C(C)C1C. The van der Waals surface area contributed by atoms with Crippen LogP contribution >= 0.6 is 0 Å². The summed E-state index contributed by atoms with van der Waals surface area (Å²) >= 11 is 0. The zero-order valence-corrected chi connectivity index (χ0v) is 12.8. The van der Waals surface area contributed by atoms with Gasteiger partial charge in [0.05, 0.1) is 6.61 Å². The maximum absolute atomic E-state index is 11.7. The van der Waals surface area contributed by atoms with Gasteiger partial charge in [-0.1, -0.05) is 33.8 Å². The van der Waals surface area contributed by atoms with Crippen LogP contribution in [0, 0.1) is 23.7 Å². The summed E-state index contributed by atoms with van der Waals surface area (Å²) in [4.78, 5) is 20.7. The molecule has 1 aliphatic carbocycles. The number of allylic oxidation sites excluding steroid dienone is 1. The molecule has 110 valence electrons. The van der Waals surface area contributed by atoms with Crippen molar-refractivity contribution >= 4 is 11.9 Å². The third-order valence-corrected chi connectivity index (χ3v) is 3.89. The van der Waals surface area contributed by atoms with Crippen molar-refractivity contribution in [2.75, 3.05) is 6.61 Å². The smallest absolute Gasteiger partial charge is 0.333 e. The third-order valence-electron chi connectivity index (χ3n) is 3.89. The molecule has 4 atom stereocenters. The maximum atomic E-state index is 11.7. The molecule has 19 heavy (non-hydrogen) atoms. The van der Waals surface area contributed by atoms with Crippen LogP contribution in [-0.4, -0.2) is 23.7 Å². The van der Waals surface area contributed by atoms with E-state index in [9.17, 15) is 4.79 Å². The van der Waals surface area contributed by atoms with Crippen molar-refractivity contribution in [2.24, 2.45) is 23.7 Å². The molecular formula is C15H26O4. The summed E-state index contributed by atoms with van der Waals surface area (Å²) in [6.07, 6.45) is 2.09. The molecule has 0 aromatic heterocycles. The van der Waals surface area contributed by atoms with Gasteiger partial charge >= 0.3 is 5.97 Å². The van der Waals surface area contributed by atoms with Crippen LogP contribution in [0.1, 0.15) is 41.5 Å². The quantitative estimate of drug-likeness (QED) is 0.783. The summed E-state index contributed by atoms with van der Waals surface area (Å²) in [5, 5.41) is 7.42. The predicted molar refractivity (Wildman–Crippen MR) is 74.7 cm³/mol. The van der Waals surface area contributed by atoms with Crippen molar-refractivity contribution in [1.82, 2.24) is 0 Å². The molecule has 4 heteroatoms. The van der Waals surface area contributed by atoms with Gasteiger partial charge in [-0.2, -0.15) is 0 Å². The van der Waals surface area contributed by atoms with Crippen molar-refractivity contribution in [1.29, 1.82) is 0 Å². The molecule has 1 aliphatic rings. The molecule has 4 nitrogen and oxygen atoms in total. The Balaban J connectivity index is 0.000000711. The Bertz CT molecular complexity index is 342. The third kappa shape index (κ3) is 5.45. The molecule has 0 bridgehead atoms. The van der Waals surface area contributed by atoms with Gasteiger partial charge in [0.1, 0.15) is 0 Å².